The number of benzene rings is 4. The third kappa shape index (κ3) is 7.51. The van der Waals surface area contributed by atoms with Crippen LogP contribution < -0.4 is 11.5 Å². The molecule has 4 aromatic rings. The minimum atomic E-state index is 0.360. The second kappa shape index (κ2) is 13.3. The van der Waals surface area contributed by atoms with E-state index in [2.05, 4.69) is 93.6 Å². The van der Waals surface area contributed by atoms with Crippen molar-refractivity contribution in [2.75, 3.05) is 11.5 Å². The average molecular weight is 505 g/mol. The van der Waals surface area contributed by atoms with Crippen molar-refractivity contribution in [2.24, 2.45) is 5.92 Å². The van der Waals surface area contributed by atoms with Crippen molar-refractivity contribution in [1.82, 2.24) is 0 Å². The number of nitrogens with two attached hydrogens (primary N) is 2. The Labute approximate surface area is 230 Å². The lowest BCUT2D eigenvalue weighted by atomic mass is 9.86. The van der Waals surface area contributed by atoms with Crippen LogP contribution in [0.4, 0.5) is 11.4 Å². The number of rotatable bonds is 12. The van der Waals surface area contributed by atoms with Crippen LogP contribution in [0.3, 0.4) is 0 Å². The molecule has 0 radical (unpaired) electrons. The highest BCUT2D eigenvalue weighted by atomic mass is 14.5. The summed E-state index contributed by atoms with van der Waals surface area (Å²) in [7, 11) is 0. The highest BCUT2D eigenvalue weighted by Crippen LogP contribution is 2.28. The lowest BCUT2D eigenvalue weighted by Crippen LogP contribution is -2.09. The van der Waals surface area contributed by atoms with Gasteiger partial charge in [-0.25, -0.2) is 0 Å². The number of anilines is 2. The zero-order chi connectivity index (χ0) is 26.9. The highest BCUT2D eigenvalue weighted by molar-refractivity contribution is 5.44. The lowest BCUT2D eigenvalue weighted by molar-refractivity contribution is 0.453. The fraction of sp³-hybridized carbons (Fsp3) is 0.333. The lowest BCUT2D eigenvalue weighted by Gasteiger charge is -2.19. The van der Waals surface area contributed by atoms with E-state index >= 15 is 0 Å². The third-order valence-corrected chi connectivity index (χ3v) is 8.10. The van der Waals surface area contributed by atoms with Crippen LogP contribution in [-0.4, -0.2) is 0 Å². The molecule has 0 spiro atoms. The van der Waals surface area contributed by atoms with Gasteiger partial charge in [0.15, 0.2) is 0 Å². The molecule has 0 aliphatic carbocycles. The molecular weight excluding hydrogens is 460 g/mol. The maximum Gasteiger partial charge on any atom is 0.0314 e. The molecule has 198 valence electrons. The van der Waals surface area contributed by atoms with Crippen molar-refractivity contribution < 1.29 is 0 Å². The van der Waals surface area contributed by atoms with E-state index in [1.165, 1.54) is 59.1 Å². The van der Waals surface area contributed by atoms with E-state index in [0.717, 1.165) is 24.2 Å². The van der Waals surface area contributed by atoms with Crippen molar-refractivity contribution in [3.05, 3.63) is 130 Å². The summed E-state index contributed by atoms with van der Waals surface area (Å²) >= 11 is 0. The molecule has 38 heavy (non-hydrogen) atoms. The SMILES string of the molecule is CCCCCC(Cc1ccc(C(C)c2ccc(N)cc2)cc1)Cc1ccc(C(C)c2ccc(N)cc2)cc1. The zero-order valence-electron chi connectivity index (χ0n) is 23.4. The Bertz CT molecular complexity index is 1140. The Morgan fingerprint density at radius 1 is 0.500 bits per heavy atom. The van der Waals surface area contributed by atoms with Crippen LogP contribution >= 0.6 is 0 Å². The van der Waals surface area contributed by atoms with Crippen LogP contribution in [0.15, 0.2) is 97.1 Å². The van der Waals surface area contributed by atoms with Gasteiger partial charge >= 0.3 is 0 Å². The van der Waals surface area contributed by atoms with E-state index in [9.17, 15) is 0 Å². The van der Waals surface area contributed by atoms with E-state index in [-0.39, 0.29) is 0 Å². The van der Waals surface area contributed by atoms with Crippen molar-refractivity contribution in [1.29, 1.82) is 0 Å². The molecule has 2 unspecified atom stereocenters. The number of unbranched alkanes of at least 4 members (excludes halogenated alkanes) is 2. The molecule has 0 aliphatic heterocycles. The van der Waals surface area contributed by atoms with Gasteiger partial charge in [0.1, 0.15) is 0 Å². The Balaban J connectivity index is 1.41. The normalized spacial score (nSPS) is 13.7. The maximum atomic E-state index is 5.88. The molecule has 2 atom stereocenters. The van der Waals surface area contributed by atoms with Crippen LogP contribution in [0.2, 0.25) is 0 Å². The molecule has 0 bridgehead atoms. The van der Waals surface area contributed by atoms with Gasteiger partial charge in [-0.3, -0.25) is 0 Å². The second-order valence-corrected chi connectivity index (χ2v) is 11.0. The first-order valence-electron chi connectivity index (χ1n) is 14.3. The van der Waals surface area contributed by atoms with Gasteiger partial charge in [-0.2, -0.15) is 0 Å². The van der Waals surface area contributed by atoms with Gasteiger partial charge in [0.2, 0.25) is 0 Å². The molecule has 0 aliphatic rings. The first kappa shape index (κ1) is 27.5. The molecule has 2 heteroatoms. The van der Waals surface area contributed by atoms with E-state index in [1.54, 1.807) is 0 Å². The van der Waals surface area contributed by atoms with Gasteiger partial charge in [0, 0.05) is 23.2 Å². The van der Waals surface area contributed by atoms with Crippen LogP contribution in [0.5, 0.6) is 0 Å². The molecule has 0 saturated heterocycles. The van der Waals surface area contributed by atoms with Crippen LogP contribution in [0.1, 0.15) is 91.7 Å². The summed E-state index contributed by atoms with van der Waals surface area (Å²) in [5, 5.41) is 0. The van der Waals surface area contributed by atoms with Crippen LogP contribution in [-0.2, 0) is 12.8 Å². The summed E-state index contributed by atoms with van der Waals surface area (Å²) in [6.45, 7) is 6.83. The van der Waals surface area contributed by atoms with Crippen molar-refractivity contribution in [2.45, 2.75) is 71.1 Å². The third-order valence-electron chi connectivity index (χ3n) is 8.10. The zero-order valence-corrected chi connectivity index (χ0v) is 23.4. The molecule has 2 nitrogen and oxygen atoms in total. The Hall–Kier alpha value is -3.52. The minimum Gasteiger partial charge on any atom is -0.399 e. The van der Waals surface area contributed by atoms with Gasteiger partial charge in [-0.15, -0.1) is 0 Å². The van der Waals surface area contributed by atoms with Crippen molar-refractivity contribution in [3.8, 4) is 0 Å². The predicted octanol–water partition coefficient (Wildman–Crippen LogP) is 9.14. The molecule has 0 fully saturated rings. The first-order chi connectivity index (χ1) is 18.4. The van der Waals surface area contributed by atoms with Crippen molar-refractivity contribution in [3.63, 3.8) is 0 Å². The molecule has 0 amide bonds. The van der Waals surface area contributed by atoms with Gasteiger partial charge in [-0.1, -0.05) is 113 Å². The molecule has 0 aromatic heterocycles. The van der Waals surface area contributed by atoms with Crippen LogP contribution in [0.25, 0.3) is 0 Å². The molecule has 0 heterocycles. The summed E-state index contributed by atoms with van der Waals surface area (Å²) in [6, 6.07) is 35.1. The number of hydrogen-bond donors (Lipinski definition) is 2. The fourth-order valence-electron chi connectivity index (χ4n) is 5.47. The van der Waals surface area contributed by atoms with Crippen molar-refractivity contribution >= 4 is 11.4 Å². The number of nitrogen functional groups attached to an aromatic ring is 2. The monoisotopic (exact) mass is 504 g/mol. The maximum absolute atomic E-state index is 5.88. The van der Waals surface area contributed by atoms with Gasteiger partial charge < -0.3 is 11.5 Å². The summed E-state index contributed by atoms with van der Waals surface area (Å²) in [6.07, 6.45) is 7.42. The van der Waals surface area contributed by atoms with E-state index in [1.807, 2.05) is 24.3 Å². The molecule has 4 rings (SSSR count). The minimum absolute atomic E-state index is 0.360. The van der Waals surface area contributed by atoms with Gasteiger partial charge in [-0.05, 0) is 82.8 Å². The van der Waals surface area contributed by atoms with E-state index < -0.39 is 0 Å². The van der Waals surface area contributed by atoms with E-state index in [0.29, 0.717) is 17.8 Å². The second-order valence-electron chi connectivity index (χ2n) is 11.0. The quantitative estimate of drug-likeness (QED) is 0.149. The Kier molecular flexibility index (Phi) is 9.65. The summed E-state index contributed by atoms with van der Waals surface area (Å²) in [5.74, 6) is 1.38. The number of hydrogen-bond acceptors (Lipinski definition) is 2. The highest BCUT2D eigenvalue weighted by Gasteiger charge is 2.14. The summed E-state index contributed by atoms with van der Waals surface area (Å²) < 4.78 is 0. The smallest absolute Gasteiger partial charge is 0.0314 e. The molecule has 0 saturated carbocycles. The van der Waals surface area contributed by atoms with Gasteiger partial charge in [0.25, 0.3) is 0 Å². The largest absolute Gasteiger partial charge is 0.399 e. The Morgan fingerprint density at radius 3 is 1.18 bits per heavy atom. The fourth-order valence-corrected chi connectivity index (χ4v) is 5.47. The first-order valence-corrected chi connectivity index (χ1v) is 14.3. The van der Waals surface area contributed by atoms with Gasteiger partial charge in [0.05, 0.1) is 0 Å². The predicted molar refractivity (Wildman–Crippen MR) is 165 cm³/mol. The van der Waals surface area contributed by atoms with Crippen LogP contribution in [0, 0.1) is 5.92 Å². The Morgan fingerprint density at radius 2 is 0.842 bits per heavy atom. The molecular formula is C36H44N2. The average Bonchev–Trinajstić information content (AvgIpc) is 2.94. The summed E-state index contributed by atoms with van der Waals surface area (Å²) in [4.78, 5) is 0. The molecule has 4 aromatic carbocycles. The molecule has 4 N–H and O–H groups in total. The van der Waals surface area contributed by atoms with E-state index in [4.69, 9.17) is 11.5 Å². The topological polar surface area (TPSA) is 52.0 Å². The standard InChI is InChI=1S/C36H44N2/c1-4-5-6-7-30(24-28-8-12-31(13-9-28)26(2)33-16-20-35(37)21-17-33)25-29-10-14-32(15-11-29)27(3)34-18-22-36(38)23-19-34/h8-23,26-27,30H,4-7,24-25,37-38H2,1-3H3. The summed E-state index contributed by atoms with van der Waals surface area (Å²) in [5.41, 5.74) is 21.6.